The molecule has 32 heavy (non-hydrogen) atoms. The van der Waals surface area contributed by atoms with Crippen LogP contribution in [0.25, 0.3) is 6.08 Å². The highest BCUT2D eigenvalue weighted by molar-refractivity contribution is 6.29. The van der Waals surface area contributed by atoms with Crippen molar-refractivity contribution in [2.75, 3.05) is 10.6 Å². The minimum Gasteiger partial charge on any atom is -0.316 e. The molecule has 0 saturated heterocycles. The first-order valence-corrected chi connectivity index (χ1v) is 9.23. The van der Waals surface area contributed by atoms with E-state index in [0.29, 0.717) is 5.56 Å². The number of hydrogen-bond acceptors (Lipinski definition) is 6. The first-order chi connectivity index (χ1) is 15.4. The molecule has 0 aliphatic heterocycles. The smallest absolute Gasteiger partial charge is 0.292 e. The maximum Gasteiger partial charge on any atom is 0.292 e. The summed E-state index contributed by atoms with van der Waals surface area (Å²) in [4.78, 5) is 47.0. The Morgan fingerprint density at radius 2 is 1.06 bits per heavy atom. The normalized spacial score (nSPS) is 10.0. The summed E-state index contributed by atoms with van der Waals surface area (Å²) in [6.07, 6.45) is 1.29. The van der Waals surface area contributed by atoms with Gasteiger partial charge in [-0.1, -0.05) is 54.6 Å². The number of hydrogen-bond donors (Lipinski definition) is 2. The van der Waals surface area contributed by atoms with Crippen molar-refractivity contribution in [1.82, 2.24) is 0 Å². The number of nitro groups is 2. The van der Waals surface area contributed by atoms with E-state index >= 15 is 0 Å². The summed E-state index contributed by atoms with van der Waals surface area (Å²) in [7, 11) is 0. The number of carbonyl (C=O) groups excluding carboxylic acids is 2. The topological polar surface area (TPSA) is 144 Å². The summed E-state index contributed by atoms with van der Waals surface area (Å²) in [5.41, 5.74) is -0.775. The number of amides is 2. The molecule has 160 valence electrons. The number of rotatable bonds is 7. The van der Waals surface area contributed by atoms with Crippen LogP contribution in [0, 0.1) is 20.2 Å². The molecule has 10 heteroatoms. The second-order valence-electron chi connectivity index (χ2n) is 6.43. The molecule has 0 aliphatic rings. The second-order valence-corrected chi connectivity index (χ2v) is 6.43. The predicted molar refractivity (Wildman–Crippen MR) is 118 cm³/mol. The molecule has 3 aromatic rings. The van der Waals surface area contributed by atoms with Gasteiger partial charge in [0.15, 0.2) is 0 Å². The Morgan fingerprint density at radius 1 is 0.656 bits per heavy atom. The number of nitrogens with zero attached hydrogens (tertiary/aromatic N) is 2. The third-order valence-electron chi connectivity index (χ3n) is 4.30. The van der Waals surface area contributed by atoms with E-state index in [1.807, 2.05) is 0 Å². The van der Waals surface area contributed by atoms with E-state index < -0.39 is 27.2 Å². The van der Waals surface area contributed by atoms with Crippen molar-refractivity contribution in [2.45, 2.75) is 0 Å². The molecule has 2 amide bonds. The van der Waals surface area contributed by atoms with E-state index in [2.05, 4.69) is 10.6 Å². The SMILES string of the molecule is O=C(Nc1ccccc1[N+](=O)[O-])C(=Cc1ccccc1)C(=O)Nc1ccccc1[N+](=O)[O-]. The Balaban J connectivity index is 1.97. The lowest BCUT2D eigenvalue weighted by atomic mass is 10.1. The molecule has 3 rings (SSSR count). The zero-order valence-corrected chi connectivity index (χ0v) is 16.4. The van der Waals surface area contributed by atoms with E-state index in [1.54, 1.807) is 30.3 Å². The summed E-state index contributed by atoms with van der Waals surface area (Å²) in [5, 5.41) is 27.2. The molecule has 0 saturated carbocycles. The maximum absolute atomic E-state index is 12.9. The van der Waals surface area contributed by atoms with E-state index in [9.17, 15) is 29.8 Å². The van der Waals surface area contributed by atoms with Gasteiger partial charge in [0, 0.05) is 12.1 Å². The van der Waals surface area contributed by atoms with Crippen LogP contribution in [0.4, 0.5) is 22.7 Å². The molecule has 3 aromatic carbocycles. The lowest BCUT2D eigenvalue weighted by molar-refractivity contribution is -0.384. The average molecular weight is 432 g/mol. The second kappa shape index (κ2) is 9.76. The van der Waals surface area contributed by atoms with Crippen LogP contribution < -0.4 is 10.6 Å². The number of anilines is 2. The number of carbonyl (C=O) groups is 2. The first kappa shape index (κ1) is 21.8. The average Bonchev–Trinajstić information content (AvgIpc) is 2.78. The molecule has 0 heterocycles. The van der Waals surface area contributed by atoms with E-state index in [-0.39, 0.29) is 22.7 Å². The Kier molecular flexibility index (Phi) is 6.66. The van der Waals surface area contributed by atoms with Crippen LogP contribution in [0.2, 0.25) is 0 Å². The van der Waals surface area contributed by atoms with E-state index in [4.69, 9.17) is 0 Å². The highest BCUT2D eigenvalue weighted by atomic mass is 16.6. The fourth-order valence-electron chi connectivity index (χ4n) is 2.81. The van der Waals surface area contributed by atoms with Gasteiger partial charge in [-0.05, 0) is 23.8 Å². The van der Waals surface area contributed by atoms with Crippen LogP contribution >= 0.6 is 0 Å². The van der Waals surface area contributed by atoms with Crippen molar-refractivity contribution in [1.29, 1.82) is 0 Å². The van der Waals surface area contributed by atoms with Gasteiger partial charge < -0.3 is 10.6 Å². The Hall–Kier alpha value is -4.86. The largest absolute Gasteiger partial charge is 0.316 e. The monoisotopic (exact) mass is 432 g/mol. The van der Waals surface area contributed by atoms with Gasteiger partial charge >= 0.3 is 0 Å². The van der Waals surface area contributed by atoms with Gasteiger partial charge in [-0.25, -0.2) is 0 Å². The highest BCUT2D eigenvalue weighted by Gasteiger charge is 2.24. The quantitative estimate of drug-likeness (QED) is 0.188. The molecule has 0 aliphatic carbocycles. The van der Waals surface area contributed by atoms with Crippen molar-refractivity contribution in [3.8, 4) is 0 Å². The Labute approximate surface area is 181 Å². The molecule has 2 N–H and O–H groups in total. The van der Waals surface area contributed by atoms with Crippen molar-refractivity contribution in [3.05, 3.63) is 110 Å². The summed E-state index contributed by atoms with van der Waals surface area (Å²) in [5.74, 6) is -1.83. The van der Waals surface area contributed by atoms with Crippen molar-refractivity contribution < 1.29 is 19.4 Å². The molecular weight excluding hydrogens is 416 g/mol. The van der Waals surface area contributed by atoms with Crippen LogP contribution in [0.5, 0.6) is 0 Å². The lowest BCUT2D eigenvalue weighted by Gasteiger charge is -2.11. The van der Waals surface area contributed by atoms with Gasteiger partial charge in [0.25, 0.3) is 23.2 Å². The first-order valence-electron chi connectivity index (χ1n) is 9.23. The zero-order chi connectivity index (χ0) is 23.1. The van der Waals surface area contributed by atoms with Crippen LogP contribution in [0.15, 0.2) is 84.4 Å². The fourth-order valence-corrected chi connectivity index (χ4v) is 2.81. The number of nitro benzene ring substituents is 2. The summed E-state index contributed by atoms with van der Waals surface area (Å²) in [6, 6.07) is 19.4. The molecule has 10 nitrogen and oxygen atoms in total. The van der Waals surface area contributed by atoms with Crippen molar-refractivity contribution >= 4 is 40.6 Å². The van der Waals surface area contributed by atoms with Gasteiger partial charge in [-0.2, -0.15) is 0 Å². The van der Waals surface area contributed by atoms with Crippen molar-refractivity contribution in [2.24, 2.45) is 0 Å². The molecule has 0 radical (unpaired) electrons. The summed E-state index contributed by atoms with van der Waals surface area (Å²) in [6.45, 7) is 0. The molecule has 0 unspecified atom stereocenters. The Morgan fingerprint density at radius 3 is 1.50 bits per heavy atom. The molecule has 0 spiro atoms. The van der Waals surface area contributed by atoms with Crippen LogP contribution in [-0.2, 0) is 9.59 Å². The Bertz CT molecular complexity index is 1150. The minimum atomic E-state index is -0.917. The van der Waals surface area contributed by atoms with Crippen molar-refractivity contribution in [3.63, 3.8) is 0 Å². The zero-order valence-electron chi connectivity index (χ0n) is 16.4. The van der Waals surface area contributed by atoms with Crippen LogP contribution in [0.3, 0.4) is 0 Å². The van der Waals surface area contributed by atoms with Gasteiger partial charge in [-0.15, -0.1) is 0 Å². The molecule has 0 fully saturated rings. The maximum atomic E-state index is 12.9. The molecule has 0 atom stereocenters. The summed E-state index contributed by atoms with van der Waals surface area (Å²) >= 11 is 0. The van der Waals surface area contributed by atoms with Gasteiger partial charge in [0.05, 0.1) is 9.85 Å². The van der Waals surface area contributed by atoms with Gasteiger partial charge in [0.1, 0.15) is 16.9 Å². The fraction of sp³-hybridized carbons (Fsp3) is 0. The van der Waals surface area contributed by atoms with Crippen LogP contribution in [0.1, 0.15) is 5.56 Å². The molecule has 0 bridgehead atoms. The van der Waals surface area contributed by atoms with E-state index in [1.165, 1.54) is 54.6 Å². The summed E-state index contributed by atoms with van der Waals surface area (Å²) < 4.78 is 0. The number of benzene rings is 3. The number of nitrogens with one attached hydrogen (secondary N) is 2. The molecular formula is C22H16N4O6. The van der Waals surface area contributed by atoms with Gasteiger partial charge in [0.2, 0.25) is 0 Å². The third-order valence-corrected chi connectivity index (χ3v) is 4.30. The van der Waals surface area contributed by atoms with Crippen LogP contribution in [-0.4, -0.2) is 21.7 Å². The highest BCUT2D eigenvalue weighted by Crippen LogP contribution is 2.26. The number of para-hydroxylation sites is 4. The standard InChI is InChI=1S/C22H16N4O6/c27-21(23-17-10-4-6-12-19(17)25(29)30)16(14-15-8-2-1-3-9-15)22(28)24-18-11-5-7-13-20(18)26(31)32/h1-14H,(H,23,27)(H,24,28). The lowest BCUT2D eigenvalue weighted by Crippen LogP contribution is -2.26. The van der Waals surface area contributed by atoms with E-state index in [0.717, 1.165) is 0 Å². The predicted octanol–water partition coefficient (Wildman–Crippen LogP) is 4.16. The minimum absolute atomic E-state index is 0.0973. The third kappa shape index (κ3) is 5.19. The van der Waals surface area contributed by atoms with Gasteiger partial charge in [-0.3, -0.25) is 29.8 Å². The molecule has 0 aromatic heterocycles.